The van der Waals surface area contributed by atoms with Crippen LogP contribution in [0.5, 0.6) is 0 Å². The fourth-order valence-electron chi connectivity index (χ4n) is 4.49. The predicted octanol–water partition coefficient (Wildman–Crippen LogP) is 3.20. The van der Waals surface area contributed by atoms with Gasteiger partial charge in [0, 0.05) is 12.5 Å². The summed E-state index contributed by atoms with van der Waals surface area (Å²) in [6.45, 7) is -0.108. The van der Waals surface area contributed by atoms with Crippen molar-refractivity contribution in [2.45, 2.75) is 43.1 Å². The molecule has 35 heavy (non-hydrogen) atoms. The number of ether oxygens (including phenoxy) is 2. The van der Waals surface area contributed by atoms with Gasteiger partial charge in [0.25, 0.3) is 0 Å². The summed E-state index contributed by atoms with van der Waals surface area (Å²) in [4.78, 5) is 36.2. The average Bonchev–Trinajstić information content (AvgIpc) is 3.39. The van der Waals surface area contributed by atoms with E-state index in [9.17, 15) is 27.6 Å². The molecule has 2 aromatic rings. The van der Waals surface area contributed by atoms with Crippen molar-refractivity contribution in [3.8, 4) is 11.1 Å². The van der Waals surface area contributed by atoms with E-state index in [1.807, 2.05) is 53.8 Å². The quantitative estimate of drug-likeness (QED) is 0.547. The molecule has 2 amide bonds. The number of hydrogen-bond donors (Lipinski definition) is 3. The molecule has 3 atom stereocenters. The first-order valence-electron chi connectivity index (χ1n) is 11.0. The van der Waals surface area contributed by atoms with E-state index in [2.05, 4.69) is 5.32 Å². The van der Waals surface area contributed by atoms with E-state index in [0.29, 0.717) is 0 Å². The molecular weight excluding hydrogens is 469 g/mol. The first-order chi connectivity index (χ1) is 16.6. The molecule has 0 spiro atoms. The number of carbonyl (C=O) groups is 3. The third-order valence-corrected chi connectivity index (χ3v) is 6.05. The number of aliphatic carboxylic acids is 1. The lowest BCUT2D eigenvalue weighted by Crippen LogP contribution is -2.53. The highest BCUT2D eigenvalue weighted by Gasteiger charge is 2.40. The van der Waals surface area contributed by atoms with E-state index in [0.717, 1.165) is 22.3 Å². The highest BCUT2D eigenvalue weighted by atomic mass is 19.4. The van der Waals surface area contributed by atoms with Gasteiger partial charge in [0.05, 0.1) is 12.5 Å². The molecule has 0 saturated carbocycles. The summed E-state index contributed by atoms with van der Waals surface area (Å²) < 4.78 is 49.6. The molecule has 1 unspecified atom stereocenters. The van der Waals surface area contributed by atoms with Crippen LogP contribution in [0.25, 0.3) is 11.1 Å². The maximum Gasteiger partial charge on any atom is 0.407 e. The number of hydrogen-bond acceptors (Lipinski definition) is 5. The van der Waals surface area contributed by atoms with Crippen LogP contribution in [-0.2, 0) is 19.1 Å². The van der Waals surface area contributed by atoms with Gasteiger partial charge < -0.3 is 25.2 Å². The van der Waals surface area contributed by atoms with Gasteiger partial charge in [-0.3, -0.25) is 4.79 Å². The van der Waals surface area contributed by atoms with Crippen molar-refractivity contribution in [1.29, 1.82) is 0 Å². The molecule has 1 saturated heterocycles. The van der Waals surface area contributed by atoms with Gasteiger partial charge in [-0.15, -0.1) is 0 Å². The highest BCUT2D eigenvalue weighted by Crippen LogP contribution is 2.44. The fourth-order valence-corrected chi connectivity index (χ4v) is 4.49. The van der Waals surface area contributed by atoms with Gasteiger partial charge in [0.2, 0.25) is 5.91 Å². The number of fused-ring (bicyclic) bond motifs is 3. The van der Waals surface area contributed by atoms with Crippen LogP contribution in [-0.4, -0.2) is 60.7 Å². The Kier molecular flexibility index (Phi) is 6.97. The Hall–Kier alpha value is -3.60. The normalized spacial score (nSPS) is 20.0. The monoisotopic (exact) mass is 492 g/mol. The second-order valence-electron chi connectivity index (χ2n) is 8.38. The second-order valence-corrected chi connectivity index (χ2v) is 8.38. The zero-order chi connectivity index (χ0) is 25.2. The highest BCUT2D eigenvalue weighted by molar-refractivity contribution is 5.87. The lowest BCUT2D eigenvalue weighted by atomic mass is 9.98. The molecule has 3 N–H and O–H groups in total. The average molecular weight is 492 g/mol. The summed E-state index contributed by atoms with van der Waals surface area (Å²) >= 11 is 0. The van der Waals surface area contributed by atoms with Crippen molar-refractivity contribution in [1.82, 2.24) is 10.6 Å². The van der Waals surface area contributed by atoms with Gasteiger partial charge >= 0.3 is 18.2 Å². The number of amides is 2. The van der Waals surface area contributed by atoms with Crippen LogP contribution in [0.4, 0.5) is 18.0 Å². The van der Waals surface area contributed by atoms with Crippen LogP contribution in [0.2, 0.25) is 0 Å². The molecule has 186 valence electrons. The Labute approximate surface area is 198 Å². The SMILES string of the molecule is O=C(NC(CC(F)(F)F)C(=O)N[C@@H]1CCO[C@@H]1C(=O)O)OCC1c2ccccc2-c2ccccc21. The van der Waals surface area contributed by atoms with Crippen molar-refractivity contribution >= 4 is 18.0 Å². The first kappa shape index (κ1) is 24.5. The summed E-state index contributed by atoms with van der Waals surface area (Å²) in [7, 11) is 0. The Balaban J connectivity index is 1.42. The van der Waals surface area contributed by atoms with E-state index < -0.39 is 48.8 Å². The van der Waals surface area contributed by atoms with Gasteiger partial charge in [-0.25, -0.2) is 9.59 Å². The molecule has 1 heterocycles. The molecule has 2 aliphatic rings. The minimum absolute atomic E-state index is 0.0334. The molecule has 1 fully saturated rings. The van der Waals surface area contributed by atoms with Crippen molar-refractivity contribution in [3.63, 3.8) is 0 Å². The van der Waals surface area contributed by atoms with E-state index in [4.69, 9.17) is 14.6 Å². The third kappa shape index (κ3) is 5.56. The predicted molar refractivity (Wildman–Crippen MR) is 117 cm³/mol. The molecule has 11 heteroatoms. The van der Waals surface area contributed by atoms with Gasteiger partial charge in [0.15, 0.2) is 6.10 Å². The number of nitrogens with one attached hydrogen (secondary N) is 2. The largest absolute Gasteiger partial charge is 0.479 e. The summed E-state index contributed by atoms with van der Waals surface area (Å²) in [6, 6.07) is 12.1. The van der Waals surface area contributed by atoms with Crippen molar-refractivity contribution in [3.05, 3.63) is 59.7 Å². The number of benzene rings is 2. The molecule has 8 nitrogen and oxygen atoms in total. The molecule has 4 rings (SSSR count). The maximum atomic E-state index is 13.1. The molecule has 2 aromatic carbocycles. The number of carbonyl (C=O) groups excluding carboxylic acids is 2. The molecule has 0 radical (unpaired) electrons. The zero-order valence-corrected chi connectivity index (χ0v) is 18.4. The summed E-state index contributed by atoms with van der Waals surface area (Å²) in [5.74, 6) is -2.82. The van der Waals surface area contributed by atoms with Gasteiger partial charge in [0.1, 0.15) is 12.6 Å². The van der Waals surface area contributed by atoms with E-state index in [1.54, 1.807) is 0 Å². The van der Waals surface area contributed by atoms with Crippen LogP contribution >= 0.6 is 0 Å². The third-order valence-electron chi connectivity index (χ3n) is 6.05. The number of alkyl halides is 3. The number of halogens is 3. The molecule has 1 aliphatic carbocycles. The van der Waals surface area contributed by atoms with Gasteiger partial charge in [-0.05, 0) is 28.7 Å². The first-order valence-corrected chi connectivity index (χ1v) is 11.0. The van der Waals surface area contributed by atoms with Crippen LogP contribution in [0.1, 0.15) is 29.9 Å². The standard InChI is InChI=1S/C24H23F3N2O6/c25-24(26,27)11-19(21(30)28-18-9-10-34-20(18)22(31)32)29-23(33)35-12-17-15-7-3-1-5-13(15)14-6-2-4-8-16(14)17/h1-8,17-20H,9-12H2,(H,28,30)(H,29,33)(H,31,32)/t18-,19?,20+/m1/s1. The topological polar surface area (TPSA) is 114 Å². The Bertz CT molecular complexity index is 1080. The summed E-state index contributed by atoms with van der Waals surface area (Å²) in [5, 5.41) is 13.4. The van der Waals surface area contributed by atoms with E-state index in [1.165, 1.54) is 0 Å². The van der Waals surface area contributed by atoms with Gasteiger partial charge in [-0.1, -0.05) is 48.5 Å². The molecule has 0 bridgehead atoms. The maximum absolute atomic E-state index is 13.1. The lowest BCUT2D eigenvalue weighted by Gasteiger charge is -2.23. The fraction of sp³-hybridized carbons (Fsp3) is 0.375. The Morgan fingerprint density at radius 2 is 1.66 bits per heavy atom. The van der Waals surface area contributed by atoms with Crippen LogP contribution in [0, 0.1) is 0 Å². The molecule has 1 aliphatic heterocycles. The number of rotatable bonds is 7. The number of alkyl carbamates (subject to hydrolysis) is 1. The summed E-state index contributed by atoms with van der Waals surface area (Å²) in [6.07, 6.45) is -8.86. The molecule has 0 aromatic heterocycles. The lowest BCUT2D eigenvalue weighted by molar-refractivity contribution is -0.152. The van der Waals surface area contributed by atoms with Crippen LogP contribution in [0.15, 0.2) is 48.5 Å². The minimum atomic E-state index is -4.77. The van der Waals surface area contributed by atoms with Gasteiger partial charge in [-0.2, -0.15) is 13.2 Å². The van der Waals surface area contributed by atoms with E-state index >= 15 is 0 Å². The zero-order valence-electron chi connectivity index (χ0n) is 18.4. The Morgan fingerprint density at radius 3 is 2.23 bits per heavy atom. The van der Waals surface area contributed by atoms with Crippen molar-refractivity contribution in [2.75, 3.05) is 13.2 Å². The summed E-state index contributed by atoms with van der Waals surface area (Å²) in [5.41, 5.74) is 3.82. The van der Waals surface area contributed by atoms with Crippen LogP contribution in [0.3, 0.4) is 0 Å². The minimum Gasteiger partial charge on any atom is -0.479 e. The van der Waals surface area contributed by atoms with Crippen molar-refractivity contribution < 1.29 is 42.1 Å². The smallest absolute Gasteiger partial charge is 0.407 e. The van der Waals surface area contributed by atoms with E-state index in [-0.39, 0.29) is 25.6 Å². The van der Waals surface area contributed by atoms with Crippen molar-refractivity contribution in [2.24, 2.45) is 0 Å². The number of carboxylic acids is 1. The van der Waals surface area contributed by atoms with Crippen LogP contribution < -0.4 is 10.6 Å². The number of carboxylic acid groups (broad SMARTS) is 1. The Morgan fingerprint density at radius 1 is 1.06 bits per heavy atom. The second kappa shape index (κ2) is 9.95. The molecular formula is C24H23F3N2O6.